The minimum atomic E-state index is -2.23. The Bertz CT molecular complexity index is 1300. The van der Waals surface area contributed by atoms with E-state index in [1.165, 1.54) is 0 Å². The molecule has 5 rings (SSSR count). The number of carbonyl (C=O) groups is 2. The molecule has 0 amide bonds. The van der Waals surface area contributed by atoms with Gasteiger partial charge in [-0.1, -0.05) is 53.2 Å². The molecule has 0 spiro atoms. The van der Waals surface area contributed by atoms with Crippen molar-refractivity contribution in [3.63, 3.8) is 0 Å². The highest BCUT2D eigenvalue weighted by molar-refractivity contribution is 5.77. The van der Waals surface area contributed by atoms with Crippen LogP contribution in [0.15, 0.2) is 11.6 Å². The van der Waals surface area contributed by atoms with Gasteiger partial charge in [-0.15, -0.1) is 0 Å². The molecule has 0 heterocycles. The number of hydrogen-bond acceptors (Lipinski definition) is 11. The Kier molecular flexibility index (Phi) is 9.60. The van der Waals surface area contributed by atoms with Gasteiger partial charge in [0.15, 0.2) is 6.10 Å². The lowest BCUT2D eigenvalue weighted by Gasteiger charge is -2.71. The van der Waals surface area contributed by atoms with Crippen molar-refractivity contribution in [1.29, 1.82) is 0 Å². The number of allylic oxidation sites excluding steroid dienone is 1. The first-order valence-corrected chi connectivity index (χ1v) is 17.6. The third kappa shape index (κ3) is 5.14. The predicted octanol–water partition coefficient (Wildman–Crippen LogP) is 1.13. The van der Waals surface area contributed by atoms with Gasteiger partial charge in [0.2, 0.25) is 0 Å². The molecule has 0 saturated heterocycles. The number of ether oxygens (including phenoxy) is 1. The Balaban J connectivity index is 1.47. The molecule has 0 bridgehead atoms. The van der Waals surface area contributed by atoms with E-state index in [0.29, 0.717) is 44.9 Å². The fraction of sp³-hybridized carbons (Fsp3) is 0.889. The molecule has 0 aromatic carbocycles. The van der Waals surface area contributed by atoms with Crippen molar-refractivity contribution >= 4 is 11.9 Å². The van der Waals surface area contributed by atoms with Crippen LogP contribution in [0.1, 0.15) is 92.9 Å². The molecule has 12 nitrogen and oxygen atoms in total. The van der Waals surface area contributed by atoms with Crippen LogP contribution in [0.5, 0.6) is 0 Å². The molecule has 0 aromatic heterocycles. The molecular weight excluding hydrogens is 624 g/mol. The maximum absolute atomic E-state index is 13.0. The number of aliphatic carboxylic acids is 1. The summed E-state index contributed by atoms with van der Waals surface area (Å²) >= 11 is 0. The topological polar surface area (TPSA) is 225 Å². The molecule has 0 aromatic rings. The van der Waals surface area contributed by atoms with Gasteiger partial charge in [0.25, 0.3) is 0 Å². The van der Waals surface area contributed by atoms with E-state index in [1.807, 2.05) is 13.8 Å². The first-order chi connectivity index (χ1) is 22.1. The minimum Gasteiger partial charge on any atom is -0.481 e. The van der Waals surface area contributed by atoms with Crippen LogP contribution in [0.3, 0.4) is 0 Å². The van der Waals surface area contributed by atoms with Gasteiger partial charge in [-0.05, 0) is 84.9 Å². The van der Waals surface area contributed by atoms with Gasteiger partial charge in [-0.25, -0.2) is 4.79 Å². The molecule has 5 aliphatic rings. The third-order valence-corrected chi connectivity index (χ3v) is 15.1. The average Bonchev–Trinajstić information content (AvgIpc) is 3.03. The lowest BCUT2D eigenvalue weighted by atomic mass is 9.33. The van der Waals surface area contributed by atoms with Gasteiger partial charge < -0.3 is 50.7 Å². The zero-order valence-electron chi connectivity index (χ0n) is 29.2. The van der Waals surface area contributed by atoms with Gasteiger partial charge in [0.05, 0.1) is 36.9 Å². The molecule has 0 aliphatic heterocycles. The maximum Gasteiger partial charge on any atom is 0.337 e. The number of carboxylic acids is 1. The Morgan fingerprint density at radius 3 is 2.10 bits per heavy atom. The second-order valence-corrected chi connectivity index (χ2v) is 17.7. The highest BCUT2D eigenvalue weighted by Crippen LogP contribution is 2.75. The number of aliphatic hydroxyl groups excluding tert-OH is 8. The lowest BCUT2D eigenvalue weighted by molar-refractivity contribution is -0.249. The van der Waals surface area contributed by atoms with Crippen LogP contribution in [0.2, 0.25) is 0 Å². The first kappa shape index (κ1) is 37.6. The number of aliphatic hydroxyl groups is 8. The molecule has 5 aliphatic carbocycles. The van der Waals surface area contributed by atoms with E-state index in [1.54, 1.807) is 6.92 Å². The van der Waals surface area contributed by atoms with Crippen LogP contribution in [-0.2, 0) is 14.3 Å². The summed E-state index contributed by atoms with van der Waals surface area (Å²) in [5.74, 6) is -2.87. The van der Waals surface area contributed by atoms with Crippen LogP contribution < -0.4 is 0 Å². The molecule has 0 radical (unpaired) electrons. The Hall–Kier alpha value is -1.64. The summed E-state index contributed by atoms with van der Waals surface area (Å²) in [6, 6.07) is 0. The highest BCUT2D eigenvalue weighted by atomic mass is 16.6. The van der Waals surface area contributed by atoms with Crippen molar-refractivity contribution in [1.82, 2.24) is 0 Å². The summed E-state index contributed by atoms with van der Waals surface area (Å²) in [6.45, 7) is 11.1. The van der Waals surface area contributed by atoms with Gasteiger partial charge >= 0.3 is 11.9 Å². The van der Waals surface area contributed by atoms with Crippen LogP contribution in [0.4, 0.5) is 0 Å². The number of carboxylic acid groups (broad SMARTS) is 1. The van der Waals surface area contributed by atoms with E-state index >= 15 is 0 Å². The zero-order chi connectivity index (χ0) is 36.0. The van der Waals surface area contributed by atoms with Crippen LogP contribution in [-0.4, -0.2) is 114 Å². The van der Waals surface area contributed by atoms with E-state index in [9.17, 15) is 50.4 Å². The lowest BCUT2D eigenvalue weighted by Crippen LogP contribution is -2.69. The summed E-state index contributed by atoms with van der Waals surface area (Å²) in [5, 5.41) is 94.5. The molecule has 15 atom stereocenters. The van der Waals surface area contributed by atoms with Gasteiger partial charge in [-0.3, -0.25) is 4.79 Å². The smallest absolute Gasteiger partial charge is 0.337 e. The molecule has 4 saturated carbocycles. The fourth-order valence-corrected chi connectivity index (χ4v) is 11.7. The van der Waals surface area contributed by atoms with Crippen molar-refractivity contribution in [3.8, 4) is 0 Å². The SMILES string of the molecule is CC1(C)CCC2(C(=O)O)CCC3(C)C(=CCC4C5(C)CC(O)C(O)C(C)(COC(=O)C(O)C(O)C(O)C(O)CO)C5CCC43C)C2C1O. The summed E-state index contributed by atoms with van der Waals surface area (Å²) < 4.78 is 5.46. The van der Waals surface area contributed by atoms with Crippen LogP contribution in [0, 0.1) is 50.2 Å². The standard InChI is InChI=1S/C36H58O12/c1-31(2)11-13-36(30(46)47)14-12-34(5)18(23(36)28(31)44)7-8-22-32(3)15-19(38)27(43)33(4,21(32)9-10-35(22,34)6)17-48-29(45)26(42)25(41)24(40)20(39)16-37/h7,19-28,37-44H,8-17H2,1-6H3,(H,46,47). The predicted molar refractivity (Wildman–Crippen MR) is 172 cm³/mol. The molecule has 48 heavy (non-hydrogen) atoms. The summed E-state index contributed by atoms with van der Waals surface area (Å²) in [6.07, 6.45) is -4.76. The number of esters is 1. The van der Waals surface area contributed by atoms with Gasteiger partial charge in [0.1, 0.15) is 18.3 Å². The van der Waals surface area contributed by atoms with Gasteiger partial charge in [0, 0.05) is 11.3 Å². The van der Waals surface area contributed by atoms with E-state index in [0.717, 1.165) is 12.0 Å². The fourth-order valence-electron chi connectivity index (χ4n) is 11.7. The Morgan fingerprint density at radius 2 is 1.50 bits per heavy atom. The van der Waals surface area contributed by atoms with Crippen molar-refractivity contribution in [3.05, 3.63) is 11.6 Å². The van der Waals surface area contributed by atoms with E-state index in [-0.39, 0.29) is 23.9 Å². The summed E-state index contributed by atoms with van der Waals surface area (Å²) in [7, 11) is 0. The molecule has 12 heteroatoms. The third-order valence-electron chi connectivity index (χ3n) is 15.1. The zero-order valence-corrected chi connectivity index (χ0v) is 29.2. The van der Waals surface area contributed by atoms with Crippen molar-refractivity contribution in [2.75, 3.05) is 13.2 Å². The molecular formula is C36H58O12. The minimum absolute atomic E-state index is 0.00303. The van der Waals surface area contributed by atoms with Crippen LogP contribution in [0.25, 0.3) is 0 Å². The van der Waals surface area contributed by atoms with E-state index in [2.05, 4.69) is 26.8 Å². The number of rotatable bonds is 8. The number of fused-ring (bicyclic) bond motifs is 7. The van der Waals surface area contributed by atoms with Crippen LogP contribution >= 0.6 is 0 Å². The average molecular weight is 683 g/mol. The van der Waals surface area contributed by atoms with E-state index < -0.39 is 94.3 Å². The summed E-state index contributed by atoms with van der Waals surface area (Å²) in [5.41, 5.74) is -2.90. The van der Waals surface area contributed by atoms with Gasteiger partial charge in [-0.2, -0.15) is 0 Å². The molecule has 4 fully saturated rings. The second-order valence-electron chi connectivity index (χ2n) is 17.7. The molecule has 9 N–H and O–H groups in total. The first-order valence-electron chi connectivity index (χ1n) is 17.6. The second kappa shape index (κ2) is 12.3. The van der Waals surface area contributed by atoms with Crippen molar-refractivity contribution < 1.29 is 60.3 Å². The Morgan fingerprint density at radius 1 is 0.875 bits per heavy atom. The number of hydrogen-bond donors (Lipinski definition) is 9. The highest BCUT2D eigenvalue weighted by Gasteiger charge is 2.71. The monoisotopic (exact) mass is 682 g/mol. The van der Waals surface area contributed by atoms with Crippen molar-refractivity contribution in [2.45, 2.75) is 136 Å². The Labute approximate surface area is 282 Å². The largest absolute Gasteiger partial charge is 0.481 e. The maximum atomic E-state index is 13.0. The molecule has 15 unspecified atom stereocenters. The normalized spacial score (nSPS) is 47.5. The van der Waals surface area contributed by atoms with E-state index in [4.69, 9.17) is 9.84 Å². The molecule has 274 valence electrons. The number of carbonyl (C=O) groups excluding carboxylic acids is 1. The van der Waals surface area contributed by atoms with Crippen molar-refractivity contribution in [2.24, 2.45) is 50.2 Å². The summed E-state index contributed by atoms with van der Waals surface area (Å²) in [4.78, 5) is 25.8. The quantitative estimate of drug-likeness (QED) is 0.130.